The molecule has 124 valence electrons. The molecule has 1 atom stereocenters. The molecule has 0 saturated heterocycles. The fourth-order valence-electron chi connectivity index (χ4n) is 1.98. The summed E-state index contributed by atoms with van der Waals surface area (Å²) in [5.41, 5.74) is 2.21. The molecule has 1 aromatic carbocycles. The smallest absolute Gasteiger partial charge is 0.314 e. The van der Waals surface area contributed by atoms with Crippen LogP contribution < -0.4 is 5.43 Å². The lowest BCUT2D eigenvalue weighted by Gasteiger charge is -2.13. The molecule has 0 aliphatic carbocycles. The number of hydrogen-bond donors (Lipinski definition) is 1. The van der Waals surface area contributed by atoms with Crippen LogP contribution in [0.2, 0.25) is 0 Å². The minimum atomic E-state index is -0.713. The van der Waals surface area contributed by atoms with E-state index < -0.39 is 22.7 Å². The summed E-state index contributed by atoms with van der Waals surface area (Å²) >= 11 is 0. The zero-order valence-corrected chi connectivity index (χ0v) is 13.2. The summed E-state index contributed by atoms with van der Waals surface area (Å²) in [6, 6.07) is 5.56. The van der Waals surface area contributed by atoms with E-state index in [2.05, 4.69) is 10.5 Å². The van der Waals surface area contributed by atoms with Crippen molar-refractivity contribution in [3.8, 4) is 0 Å². The molecule has 0 heterocycles. The van der Waals surface area contributed by atoms with Crippen LogP contribution in [0.4, 0.5) is 5.69 Å². The molecule has 0 fully saturated rings. The summed E-state index contributed by atoms with van der Waals surface area (Å²) in [4.78, 5) is 34.1. The number of hydrazone groups is 1. The van der Waals surface area contributed by atoms with Gasteiger partial charge in [0, 0.05) is 11.8 Å². The minimum Gasteiger partial charge on any atom is -0.465 e. The number of hydrogen-bond acceptors (Lipinski definition) is 6. The Morgan fingerprint density at radius 1 is 1.35 bits per heavy atom. The molecule has 0 aliphatic heterocycles. The molecule has 1 amide bonds. The Hall–Kier alpha value is -2.77. The molecule has 0 saturated carbocycles. The molecule has 0 radical (unpaired) electrons. The van der Waals surface area contributed by atoms with Crippen molar-refractivity contribution < 1.29 is 19.2 Å². The third-order valence-electron chi connectivity index (χ3n) is 3.16. The molecular formula is C15H19N3O5. The second kappa shape index (κ2) is 8.62. The summed E-state index contributed by atoms with van der Waals surface area (Å²) in [5, 5.41) is 14.8. The number of benzene rings is 1. The summed E-state index contributed by atoms with van der Waals surface area (Å²) in [5.74, 6) is -1.70. The third-order valence-corrected chi connectivity index (χ3v) is 3.16. The average molecular weight is 321 g/mol. The largest absolute Gasteiger partial charge is 0.465 e. The fourth-order valence-corrected chi connectivity index (χ4v) is 1.98. The normalized spacial score (nSPS) is 12.4. The SMILES string of the molecule is CCOC(=O)[C@H](CC)/C(C)=N\NC(=O)c1ccccc1[N+](=O)[O-]. The van der Waals surface area contributed by atoms with Gasteiger partial charge in [0.2, 0.25) is 0 Å². The van der Waals surface area contributed by atoms with Gasteiger partial charge in [0.05, 0.1) is 17.4 Å². The van der Waals surface area contributed by atoms with Gasteiger partial charge < -0.3 is 4.74 Å². The van der Waals surface area contributed by atoms with Crippen LogP contribution in [0.25, 0.3) is 0 Å². The Bertz CT molecular complexity index is 627. The van der Waals surface area contributed by atoms with Gasteiger partial charge in [-0.1, -0.05) is 19.1 Å². The summed E-state index contributed by atoms with van der Waals surface area (Å²) < 4.78 is 4.94. The molecule has 8 heteroatoms. The Kier molecular flexibility index (Phi) is 6.85. The van der Waals surface area contributed by atoms with Crippen molar-refractivity contribution in [1.82, 2.24) is 5.43 Å². The highest BCUT2D eigenvalue weighted by molar-refractivity contribution is 6.02. The van der Waals surface area contributed by atoms with Crippen LogP contribution in [-0.2, 0) is 9.53 Å². The molecule has 23 heavy (non-hydrogen) atoms. The van der Waals surface area contributed by atoms with Crippen LogP contribution in [0.3, 0.4) is 0 Å². The van der Waals surface area contributed by atoms with Crippen molar-refractivity contribution >= 4 is 23.3 Å². The third kappa shape index (κ3) is 4.87. The Balaban J connectivity index is 2.89. The molecule has 0 bridgehead atoms. The number of nitro benzene ring substituents is 1. The monoisotopic (exact) mass is 321 g/mol. The highest BCUT2D eigenvalue weighted by atomic mass is 16.6. The lowest BCUT2D eigenvalue weighted by atomic mass is 10.0. The van der Waals surface area contributed by atoms with E-state index in [4.69, 9.17) is 4.74 Å². The molecular weight excluding hydrogens is 302 g/mol. The van der Waals surface area contributed by atoms with Crippen LogP contribution in [0.1, 0.15) is 37.6 Å². The molecule has 8 nitrogen and oxygen atoms in total. The van der Waals surface area contributed by atoms with Gasteiger partial charge in [0.25, 0.3) is 11.6 Å². The van der Waals surface area contributed by atoms with E-state index in [1.54, 1.807) is 20.8 Å². The van der Waals surface area contributed by atoms with Crippen molar-refractivity contribution in [3.05, 3.63) is 39.9 Å². The van der Waals surface area contributed by atoms with E-state index in [0.29, 0.717) is 12.1 Å². The van der Waals surface area contributed by atoms with Crippen LogP contribution >= 0.6 is 0 Å². The first-order chi connectivity index (χ1) is 10.9. The van der Waals surface area contributed by atoms with Crippen molar-refractivity contribution in [2.45, 2.75) is 27.2 Å². The van der Waals surface area contributed by atoms with Crippen molar-refractivity contribution in [1.29, 1.82) is 0 Å². The number of esters is 1. The molecule has 0 unspecified atom stereocenters. The van der Waals surface area contributed by atoms with Gasteiger partial charge in [-0.25, -0.2) is 5.43 Å². The highest BCUT2D eigenvalue weighted by Gasteiger charge is 2.22. The zero-order chi connectivity index (χ0) is 17.4. The van der Waals surface area contributed by atoms with Gasteiger partial charge in [-0.3, -0.25) is 19.7 Å². The first-order valence-electron chi connectivity index (χ1n) is 7.16. The first kappa shape index (κ1) is 18.3. The van der Waals surface area contributed by atoms with Crippen LogP contribution in [0.5, 0.6) is 0 Å². The van der Waals surface area contributed by atoms with E-state index in [1.165, 1.54) is 24.3 Å². The predicted octanol–water partition coefficient (Wildman–Crippen LogP) is 2.29. The number of ether oxygens (including phenoxy) is 1. The Morgan fingerprint density at radius 3 is 2.57 bits per heavy atom. The van der Waals surface area contributed by atoms with Gasteiger partial charge in [-0.15, -0.1) is 0 Å². The van der Waals surface area contributed by atoms with E-state index in [0.717, 1.165) is 0 Å². The second-order valence-electron chi connectivity index (χ2n) is 4.68. The lowest BCUT2D eigenvalue weighted by Crippen LogP contribution is -2.27. The van der Waals surface area contributed by atoms with E-state index in [-0.39, 0.29) is 17.9 Å². The fraction of sp³-hybridized carbons (Fsp3) is 0.400. The zero-order valence-electron chi connectivity index (χ0n) is 13.2. The highest BCUT2D eigenvalue weighted by Crippen LogP contribution is 2.17. The van der Waals surface area contributed by atoms with Gasteiger partial charge in [0.15, 0.2) is 0 Å². The maximum Gasteiger partial charge on any atom is 0.314 e. The van der Waals surface area contributed by atoms with E-state index >= 15 is 0 Å². The topological polar surface area (TPSA) is 111 Å². The maximum absolute atomic E-state index is 12.0. The number of para-hydroxylation sites is 1. The van der Waals surface area contributed by atoms with Crippen molar-refractivity contribution in [3.63, 3.8) is 0 Å². The predicted molar refractivity (Wildman–Crippen MR) is 84.1 cm³/mol. The molecule has 0 spiro atoms. The standard InChI is InChI=1S/C15H19N3O5/c1-4-11(15(20)23-5-2)10(3)16-17-14(19)12-8-6-7-9-13(12)18(21)22/h6-9,11H,4-5H2,1-3H3,(H,17,19)/b16-10-/t11-/m1/s1. The van der Waals surface area contributed by atoms with Crippen LogP contribution in [0.15, 0.2) is 29.4 Å². The molecule has 0 aromatic heterocycles. The Morgan fingerprint density at radius 2 is 2.00 bits per heavy atom. The summed E-state index contributed by atoms with van der Waals surface area (Å²) in [6.07, 6.45) is 0.468. The quantitative estimate of drug-likeness (QED) is 0.358. The lowest BCUT2D eigenvalue weighted by molar-refractivity contribution is -0.385. The number of amides is 1. The number of rotatable bonds is 7. The molecule has 1 N–H and O–H groups in total. The number of nitrogens with zero attached hydrogens (tertiary/aromatic N) is 2. The molecule has 1 rings (SSSR count). The molecule has 1 aromatic rings. The second-order valence-corrected chi connectivity index (χ2v) is 4.68. The van der Waals surface area contributed by atoms with Gasteiger partial charge in [-0.05, 0) is 26.3 Å². The van der Waals surface area contributed by atoms with E-state index in [9.17, 15) is 19.7 Å². The Labute approximate surface area is 133 Å². The van der Waals surface area contributed by atoms with Crippen LogP contribution in [0, 0.1) is 16.0 Å². The van der Waals surface area contributed by atoms with Crippen LogP contribution in [-0.4, -0.2) is 29.1 Å². The van der Waals surface area contributed by atoms with Crippen molar-refractivity contribution in [2.75, 3.05) is 6.61 Å². The summed E-state index contributed by atoms with van der Waals surface area (Å²) in [6.45, 7) is 5.34. The van der Waals surface area contributed by atoms with Crippen molar-refractivity contribution in [2.24, 2.45) is 11.0 Å². The average Bonchev–Trinajstić information content (AvgIpc) is 2.53. The number of carbonyl (C=O) groups excluding carboxylic acids is 2. The maximum atomic E-state index is 12.0. The van der Waals surface area contributed by atoms with Gasteiger partial charge in [-0.2, -0.15) is 5.10 Å². The van der Waals surface area contributed by atoms with Gasteiger partial charge >= 0.3 is 5.97 Å². The molecule has 0 aliphatic rings. The minimum absolute atomic E-state index is 0.0989. The first-order valence-corrected chi connectivity index (χ1v) is 7.16. The number of nitrogens with one attached hydrogen (secondary N) is 1. The summed E-state index contributed by atoms with van der Waals surface area (Å²) in [7, 11) is 0. The number of nitro groups is 1. The van der Waals surface area contributed by atoms with Gasteiger partial charge in [0.1, 0.15) is 5.56 Å². The van der Waals surface area contributed by atoms with E-state index in [1.807, 2.05) is 0 Å². The number of carbonyl (C=O) groups is 2.